The predicted molar refractivity (Wildman–Crippen MR) is 135 cm³/mol. The van der Waals surface area contributed by atoms with Crippen molar-refractivity contribution in [2.45, 2.75) is 12.6 Å². The van der Waals surface area contributed by atoms with Crippen LogP contribution < -0.4 is 11.1 Å². The second kappa shape index (κ2) is 9.30. The number of carbonyl (C=O) groups excluding carboxylic acids is 1. The molecule has 35 heavy (non-hydrogen) atoms. The maximum Gasteiger partial charge on any atom is 0.407 e. The van der Waals surface area contributed by atoms with E-state index in [0.29, 0.717) is 26.9 Å². The molecule has 3 heterocycles. The third-order valence-corrected chi connectivity index (χ3v) is 6.47. The van der Waals surface area contributed by atoms with Gasteiger partial charge >= 0.3 is 6.09 Å². The molecule has 0 aliphatic rings. The number of anilines is 1. The number of carbonyl (C=O) groups is 1. The number of fused-ring (bicyclic) bond motifs is 2. The lowest BCUT2D eigenvalue weighted by molar-refractivity contribution is 0.165. The van der Waals surface area contributed by atoms with E-state index in [2.05, 4.69) is 36.2 Å². The Morgan fingerprint density at radius 1 is 1.20 bits per heavy atom. The first-order valence-corrected chi connectivity index (χ1v) is 11.5. The molecule has 0 aliphatic carbocycles. The number of benzene rings is 2. The molecule has 0 fully saturated rings. The summed E-state index contributed by atoms with van der Waals surface area (Å²) in [4.78, 5) is 25.4. The lowest BCUT2D eigenvalue weighted by Gasteiger charge is -2.21. The van der Waals surface area contributed by atoms with Crippen LogP contribution in [0.25, 0.3) is 33.1 Å². The molecular weight excluding hydrogens is 515 g/mol. The van der Waals surface area contributed by atoms with Gasteiger partial charge in [-0.2, -0.15) is 0 Å². The van der Waals surface area contributed by atoms with Gasteiger partial charge in [0.15, 0.2) is 0 Å². The van der Waals surface area contributed by atoms with Crippen LogP contribution in [0.1, 0.15) is 11.6 Å². The van der Waals surface area contributed by atoms with Crippen molar-refractivity contribution in [1.29, 1.82) is 0 Å². The molecule has 0 bridgehead atoms. The fraction of sp³-hybridized carbons (Fsp3) is 0.120. The minimum Gasteiger partial charge on any atom is -0.453 e. The quantitative estimate of drug-likeness (QED) is 0.319. The highest BCUT2D eigenvalue weighted by Crippen LogP contribution is 2.35. The third-order valence-electron chi connectivity index (χ3n) is 5.78. The molecule has 2 aromatic carbocycles. The summed E-state index contributed by atoms with van der Waals surface area (Å²) in [5.41, 5.74) is 10.1. The number of alkyl carbamates (subject to hydrolysis) is 1. The van der Waals surface area contributed by atoms with Crippen molar-refractivity contribution in [1.82, 2.24) is 24.8 Å². The molecular formula is C25H20BrFN6O2. The van der Waals surface area contributed by atoms with Gasteiger partial charge in [0, 0.05) is 39.9 Å². The minimum atomic E-state index is -0.615. The number of ether oxygens (including phenoxy) is 1. The van der Waals surface area contributed by atoms with Gasteiger partial charge in [0.25, 0.3) is 0 Å². The van der Waals surface area contributed by atoms with Crippen molar-refractivity contribution < 1.29 is 13.9 Å². The van der Waals surface area contributed by atoms with E-state index < -0.39 is 18.0 Å². The van der Waals surface area contributed by atoms with Gasteiger partial charge < -0.3 is 20.4 Å². The Bertz CT molecular complexity index is 1570. The van der Waals surface area contributed by atoms with Crippen LogP contribution >= 0.6 is 15.9 Å². The molecule has 1 unspecified atom stereocenters. The molecule has 0 spiro atoms. The minimum absolute atomic E-state index is 0.271. The maximum absolute atomic E-state index is 13.7. The lowest BCUT2D eigenvalue weighted by atomic mass is 10.1. The number of halogens is 2. The SMILES string of the molecule is COC(=O)NC(Cn1cc(-c2cnc3ccccc3c2)c2c(N)ncnc21)c1ccc(F)cc1Br. The van der Waals surface area contributed by atoms with Gasteiger partial charge in [-0.1, -0.05) is 40.2 Å². The number of hydrogen-bond donors (Lipinski definition) is 2. The monoisotopic (exact) mass is 534 g/mol. The van der Waals surface area contributed by atoms with Crippen molar-refractivity contribution in [3.63, 3.8) is 0 Å². The van der Waals surface area contributed by atoms with E-state index in [1.807, 2.05) is 41.1 Å². The molecule has 3 aromatic heterocycles. The summed E-state index contributed by atoms with van der Waals surface area (Å²) in [6.07, 6.45) is 4.47. The van der Waals surface area contributed by atoms with Crippen molar-refractivity contribution in [3.05, 3.63) is 83.1 Å². The van der Waals surface area contributed by atoms with Crippen molar-refractivity contribution >= 4 is 49.8 Å². The van der Waals surface area contributed by atoms with Gasteiger partial charge in [0.05, 0.1) is 24.1 Å². The Kier molecular flexibility index (Phi) is 6.04. The highest BCUT2D eigenvalue weighted by Gasteiger charge is 2.22. The smallest absolute Gasteiger partial charge is 0.407 e. The van der Waals surface area contributed by atoms with Crippen LogP contribution in [0.3, 0.4) is 0 Å². The molecule has 10 heteroatoms. The number of rotatable bonds is 5. The van der Waals surface area contributed by atoms with Crippen LogP contribution in [0, 0.1) is 5.82 Å². The van der Waals surface area contributed by atoms with Crippen LogP contribution in [0.5, 0.6) is 0 Å². The van der Waals surface area contributed by atoms with E-state index in [1.165, 1.54) is 25.6 Å². The standard InChI is InChI=1S/C25H20BrFN6O2/c1-35-25(34)32-21(17-7-6-16(27)9-19(17)26)12-33-11-18(22-23(28)30-13-31-24(22)33)15-8-14-4-2-3-5-20(14)29-10-15/h2-11,13,21H,12H2,1H3,(H,32,34)(H2,28,30,31). The number of pyridine rings is 1. The molecule has 5 rings (SSSR count). The fourth-order valence-corrected chi connectivity index (χ4v) is 4.75. The first-order chi connectivity index (χ1) is 16.9. The highest BCUT2D eigenvalue weighted by molar-refractivity contribution is 9.10. The Morgan fingerprint density at radius 3 is 2.83 bits per heavy atom. The molecule has 1 atom stereocenters. The summed E-state index contributed by atoms with van der Waals surface area (Å²) in [6, 6.07) is 13.6. The molecule has 0 saturated carbocycles. The van der Waals surface area contributed by atoms with Gasteiger partial charge in [0.2, 0.25) is 0 Å². The third kappa shape index (κ3) is 4.40. The number of nitrogens with one attached hydrogen (secondary N) is 1. The van der Waals surface area contributed by atoms with Gasteiger partial charge in [-0.25, -0.2) is 19.2 Å². The summed E-state index contributed by atoms with van der Waals surface area (Å²) in [6.45, 7) is 0.271. The molecule has 0 saturated heterocycles. The topological polar surface area (TPSA) is 108 Å². The Morgan fingerprint density at radius 2 is 2.03 bits per heavy atom. The Hall–Kier alpha value is -4.05. The lowest BCUT2D eigenvalue weighted by Crippen LogP contribution is -2.31. The number of nitrogens with two attached hydrogens (primary N) is 1. The summed E-state index contributed by atoms with van der Waals surface area (Å²) in [5, 5.41) is 4.49. The Labute approximate surface area is 208 Å². The maximum atomic E-state index is 13.7. The van der Waals surface area contributed by atoms with Crippen molar-refractivity contribution in [2.75, 3.05) is 12.8 Å². The van der Waals surface area contributed by atoms with E-state index >= 15 is 0 Å². The zero-order chi connectivity index (χ0) is 24.5. The molecule has 1 amide bonds. The second-order valence-electron chi connectivity index (χ2n) is 7.92. The molecule has 0 aliphatic heterocycles. The van der Waals surface area contributed by atoms with Gasteiger partial charge in [0.1, 0.15) is 23.6 Å². The van der Waals surface area contributed by atoms with Crippen molar-refractivity contribution in [2.24, 2.45) is 0 Å². The second-order valence-corrected chi connectivity index (χ2v) is 8.78. The number of para-hydroxylation sites is 1. The van der Waals surface area contributed by atoms with Gasteiger partial charge in [-0.3, -0.25) is 4.98 Å². The molecule has 5 aromatic rings. The zero-order valence-corrected chi connectivity index (χ0v) is 20.2. The zero-order valence-electron chi connectivity index (χ0n) is 18.6. The van der Waals surface area contributed by atoms with Gasteiger partial charge in [-0.05, 0) is 29.8 Å². The van der Waals surface area contributed by atoms with E-state index in [9.17, 15) is 9.18 Å². The number of hydrogen-bond acceptors (Lipinski definition) is 6. The number of aromatic nitrogens is 4. The normalized spacial score (nSPS) is 12.1. The van der Waals surface area contributed by atoms with Crippen LogP contribution in [0.2, 0.25) is 0 Å². The Balaban J connectivity index is 1.63. The average Bonchev–Trinajstić information content (AvgIpc) is 3.23. The van der Waals surface area contributed by atoms with E-state index in [0.717, 1.165) is 22.0 Å². The number of nitrogens with zero attached hydrogens (tertiary/aromatic N) is 4. The van der Waals surface area contributed by atoms with Gasteiger partial charge in [-0.15, -0.1) is 0 Å². The summed E-state index contributed by atoms with van der Waals surface area (Å²) >= 11 is 3.40. The predicted octanol–water partition coefficient (Wildman–Crippen LogP) is 5.23. The molecule has 0 radical (unpaired) electrons. The van der Waals surface area contributed by atoms with Crippen molar-refractivity contribution in [3.8, 4) is 11.1 Å². The van der Waals surface area contributed by atoms with Crippen LogP contribution in [0.15, 0.2) is 71.7 Å². The van der Waals surface area contributed by atoms with E-state index in [1.54, 1.807) is 12.3 Å². The number of methoxy groups -OCH3 is 1. The van der Waals surface area contributed by atoms with E-state index in [4.69, 9.17) is 10.5 Å². The first kappa shape index (κ1) is 22.7. The summed E-state index contributed by atoms with van der Waals surface area (Å²) in [7, 11) is 1.29. The first-order valence-electron chi connectivity index (χ1n) is 10.7. The molecule has 3 N–H and O–H groups in total. The summed E-state index contributed by atoms with van der Waals surface area (Å²) < 4.78 is 21.0. The number of nitrogen functional groups attached to an aromatic ring is 1. The average molecular weight is 535 g/mol. The molecule has 8 nitrogen and oxygen atoms in total. The van der Waals surface area contributed by atoms with Crippen LogP contribution in [-0.4, -0.2) is 32.7 Å². The number of amides is 1. The highest BCUT2D eigenvalue weighted by atomic mass is 79.9. The fourth-order valence-electron chi connectivity index (χ4n) is 4.13. The van der Waals surface area contributed by atoms with E-state index in [-0.39, 0.29) is 6.54 Å². The van der Waals surface area contributed by atoms with Crippen LogP contribution in [-0.2, 0) is 11.3 Å². The van der Waals surface area contributed by atoms with Crippen LogP contribution in [0.4, 0.5) is 15.0 Å². The molecule has 176 valence electrons. The largest absolute Gasteiger partial charge is 0.453 e. The summed E-state index contributed by atoms with van der Waals surface area (Å²) in [5.74, 6) is -0.0622.